The Morgan fingerprint density at radius 2 is 2.38 bits per heavy atom. The Balaban J connectivity index is 2.81. The number of aromatic nitrogens is 2. The number of carbonyl (C=O) groups is 1. The Bertz CT molecular complexity index is 478. The van der Waals surface area contributed by atoms with Crippen LogP contribution in [0.3, 0.4) is 0 Å². The van der Waals surface area contributed by atoms with E-state index in [2.05, 4.69) is 9.97 Å². The van der Waals surface area contributed by atoms with Crippen LogP contribution in [0, 0.1) is 0 Å². The summed E-state index contributed by atoms with van der Waals surface area (Å²) in [6.07, 6.45) is 1.63. The third kappa shape index (κ3) is 1.09. The van der Waals surface area contributed by atoms with Crippen LogP contribution in [0.1, 0.15) is 10.5 Å². The van der Waals surface area contributed by atoms with Crippen LogP contribution in [0.25, 0.3) is 11.0 Å². The molecule has 0 bridgehead atoms. The van der Waals surface area contributed by atoms with E-state index in [1.807, 2.05) is 6.07 Å². The van der Waals surface area contributed by atoms with Gasteiger partial charge in [-0.3, -0.25) is 0 Å². The molecule has 2 N–H and O–H groups in total. The maximum Gasteiger partial charge on any atom is 0.351 e. The summed E-state index contributed by atoms with van der Waals surface area (Å²) in [4.78, 5) is 17.5. The Labute approximate surface area is 75.0 Å². The Kier molecular flexibility index (Phi) is 1.58. The van der Waals surface area contributed by atoms with Crippen LogP contribution < -0.4 is 5.46 Å². The first-order valence-corrected chi connectivity index (χ1v) is 3.86. The van der Waals surface area contributed by atoms with E-state index in [0.717, 1.165) is 10.8 Å². The molecular formula is C8H7BN2O2. The van der Waals surface area contributed by atoms with Gasteiger partial charge < -0.3 is 10.1 Å². The molecule has 0 unspecified atom stereocenters. The molecule has 5 heteroatoms. The van der Waals surface area contributed by atoms with Gasteiger partial charge in [-0.1, -0.05) is 6.07 Å². The third-order valence-electron chi connectivity index (χ3n) is 2.04. The fourth-order valence-electron chi connectivity index (χ4n) is 1.37. The van der Waals surface area contributed by atoms with Crippen LogP contribution in [-0.2, 0) is 0 Å². The average molecular weight is 174 g/mol. The van der Waals surface area contributed by atoms with Crippen LogP contribution in [-0.4, -0.2) is 28.9 Å². The number of nitrogens with zero attached hydrogens (tertiary/aromatic N) is 1. The number of pyridine rings is 1. The molecule has 0 spiro atoms. The summed E-state index contributed by atoms with van der Waals surface area (Å²) < 4.78 is 0. The number of rotatable bonds is 1. The predicted molar refractivity (Wildman–Crippen MR) is 51.2 cm³/mol. The second-order valence-corrected chi connectivity index (χ2v) is 2.83. The predicted octanol–water partition coefficient (Wildman–Crippen LogP) is -0.481. The zero-order valence-electron chi connectivity index (χ0n) is 7.03. The van der Waals surface area contributed by atoms with Gasteiger partial charge in [0.2, 0.25) is 0 Å². The van der Waals surface area contributed by atoms with Crippen molar-refractivity contribution in [1.82, 2.24) is 9.97 Å². The van der Waals surface area contributed by atoms with Crippen LogP contribution >= 0.6 is 0 Å². The molecule has 0 saturated carbocycles. The van der Waals surface area contributed by atoms with E-state index in [9.17, 15) is 4.79 Å². The molecule has 0 radical (unpaired) electrons. The minimum absolute atomic E-state index is 0.216. The van der Waals surface area contributed by atoms with Crippen molar-refractivity contribution in [2.75, 3.05) is 0 Å². The first kappa shape index (κ1) is 7.85. The highest BCUT2D eigenvalue weighted by molar-refractivity contribution is 6.42. The van der Waals surface area contributed by atoms with Gasteiger partial charge in [0.25, 0.3) is 0 Å². The maximum atomic E-state index is 10.7. The smallest absolute Gasteiger partial charge is 0.351 e. The van der Waals surface area contributed by atoms with E-state index in [1.165, 1.54) is 0 Å². The van der Waals surface area contributed by atoms with E-state index in [-0.39, 0.29) is 5.69 Å². The molecule has 4 nitrogen and oxygen atoms in total. The van der Waals surface area contributed by atoms with Gasteiger partial charge in [-0.05, 0) is 11.5 Å². The molecule has 0 aliphatic rings. The minimum atomic E-state index is -0.949. The summed E-state index contributed by atoms with van der Waals surface area (Å²) >= 11 is 0. The van der Waals surface area contributed by atoms with Crippen molar-refractivity contribution in [2.24, 2.45) is 0 Å². The molecule has 0 aromatic carbocycles. The molecule has 2 aromatic rings. The molecule has 13 heavy (non-hydrogen) atoms. The van der Waals surface area contributed by atoms with Crippen molar-refractivity contribution < 1.29 is 9.90 Å². The summed E-state index contributed by atoms with van der Waals surface area (Å²) in [5.41, 5.74) is 1.57. The van der Waals surface area contributed by atoms with Crippen molar-refractivity contribution >= 4 is 30.3 Å². The van der Waals surface area contributed by atoms with Crippen molar-refractivity contribution in [3.05, 3.63) is 24.0 Å². The molecular weight excluding hydrogens is 167 g/mol. The fraction of sp³-hybridized carbons (Fsp3) is 0. The first-order chi connectivity index (χ1) is 6.20. The molecule has 0 aliphatic carbocycles. The number of aromatic carboxylic acids is 1. The highest BCUT2D eigenvalue weighted by Crippen LogP contribution is 2.08. The standard InChI is InChI=1S/C8H7BN2O2/c9-5-4-2-1-3-10-7(4)11-6(5)8(12)13/h1-3H,9H2,(H,10,11)(H,12,13). The highest BCUT2D eigenvalue weighted by Gasteiger charge is 2.12. The molecule has 2 heterocycles. The number of carboxylic acid groups (broad SMARTS) is 1. The van der Waals surface area contributed by atoms with Crippen molar-refractivity contribution in [3.8, 4) is 0 Å². The summed E-state index contributed by atoms with van der Waals surface area (Å²) in [7, 11) is 1.77. The van der Waals surface area contributed by atoms with E-state index in [1.54, 1.807) is 20.1 Å². The number of aromatic amines is 1. The number of carboxylic acids is 1. The maximum absolute atomic E-state index is 10.7. The Hall–Kier alpha value is -1.78. The molecule has 0 saturated heterocycles. The Morgan fingerprint density at radius 3 is 3.00 bits per heavy atom. The number of nitrogens with one attached hydrogen (secondary N) is 1. The van der Waals surface area contributed by atoms with Crippen LogP contribution in [0.2, 0.25) is 0 Å². The van der Waals surface area contributed by atoms with Gasteiger partial charge in [0.1, 0.15) is 19.2 Å². The largest absolute Gasteiger partial charge is 0.477 e. The van der Waals surface area contributed by atoms with Crippen molar-refractivity contribution in [3.63, 3.8) is 0 Å². The van der Waals surface area contributed by atoms with E-state index in [0.29, 0.717) is 5.65 Å². The second kappa shape index (κ2) is 2.62. The van der Waals surface area contributed by atoms with E-state index < -0.39 is 5.97 Å². The lowest BCUT2D eigenvalue weighted by Crippen LogP contribution is -2.13. The second-order valence-electron chi connectivity index (χ2n) is 2.83. The lowest BCUT2D eigenvalue weighted by molar-refractivity contribution is 0.0693. The van der Waals surface area contributed by atoms with Gasteiger partial charge in [-0.2, -0.15) is 0 Å². The van der Waals surface area contributed by atoms with Gasteiger partial charge in [-0.25, -0.2) is 9.78 Å². The lowest BCUT2D eigenvalue weighted by Gasteiger charge is -1.89. The van der Waals surface area contributed by atoms with Gasteiger partial charge in [0, 0.05) is 11.6 Å². The molecule has 0 amide bonds. The number of hydrogen-bond acceptors (Lipinski definition) is 2. The topological polar surface area (TPSA) is 66.0 Å². The summed E-state index contributed by atoms with van der Waals surface area (Å²) in [6, 6.07) is 3.63. The van der Waals surface area contributed by atoms with Crippen LogP contribution in [0.15, 0.2) is 18.3 Å². The SMILES string of the molecule is Bc1c(C(=O)O)[nH]c2ncccc12. The van der Waals surface area contributed by atoms with Crippen molar-refractivity contribution in [1.29, 1.82) is 0 Å². The zero-order valence-corrected chi connectivity index (χ0v) is 7.03. The van der Waals surface area contributed by atoms with E-state index in [4.69, 9.17) is 5.11 Å². The van der Waals surface area contributed by atoms with E-state index >= 15 is 0 Å². The molecule has 0 atom stereocenters. The quantitative estimate of drug-likeness (QED) is 0.573. The molecule has 2 rings (SSSR count). The molecule has 2 aromatic heterocycles. The van der Waals surface area contributed by atoms with Gasteiger partial charge in [-0.15, -0.1) is 0 Å². The summed E-state index contributed by atoms with van der Waals surface area (Å²) in [6.45, 7) is 0. The zero-order chi connectivity index (χ0) is 9.42. The number of H-pyrrole nitrogens is 1. The Morgan fingerprint density at radius 1 is 1.62 bits per heavy atom. The number of fused-ring (bicyclic) bond motifs is 1. The van der Waals surface area contributed by atoms with Gasteiger partial charge in [0.05, 0.1) is 0 Å². The minimum Gasteiger partial charge on any atom is -0.477 e. The van der Waals surface area contributed by atoms with Gasteiger partial charge >= 0.3 is 5.97 Å². The normalized spacial score (nSPS) is 10.5. The highest BCUT2D eigenvalue weighted by atomic mass is 16.4. The van der Waals surface area contributed by atoms with Crippen molar-refractivity contribution in [2.45, 2.75) is 0 Å². The number of hydrogen-bond donors (Lipinski definition) is 2. The fourth-order valence-corrected chi connectivity index (χ4v) is 1.37. The summed E-state index contributed by atoms with van der Waals surface area (Å²) in [5.74, 6) is -0.949. The monoisotopic (exact) mass is 174 g/mol. The van der Waals surface area contributed by atoms with Crippen LogP contribution in [0.4, 0.5) is 0 Å². The first-order valence-electron chi connectivity index (χ1n) is 3.86. The molecule has 64 valence electrons. The lowest BCUT2D eigenvalue weighted by atomic mass is 9.93. The summed E-state index contributed by atoms with van der Waals surface area (Å²) in [5, 5.41) is 9.67. The van der Waals surface area contributed by atoms with Gasteiger partial charge in [0.15, 0.2) is 0 Å². The van der Waals surface area contributed by atoms with Crippen LogP contribution in [0.5, 0.6) is 0 Å². The molecule has 0 aliphatic heterocycles. The average Bonchev–Trinajstić information content (AvgIpc) is 2.45. The molecule has 0 fully saturated rings. The third-order valence-corrected chi connectivity index (χ3v) is 2.04.